The third-order valence-corrected chi connectivity index (χ3v) is 8.45. The molecule has 234 valence electrons. The van der Waals surface area contributed by atoms with Crippen molar-refractivity contribution in [3.05, 3.63) is 60.7 Å². The maximum absolute atomic E-state index is 13.5. The smallest absolute Gasteiger partial charge is 0.231 e. The lowest BCUT2D eigenvalue weighted by atomic mass is 10.0. The summed E-state index contributed by atoms with van der Waals surface area (Å²) in [7, 11) is 4.43. The Morgan fingerprint density at radius 1 is 1.09 bits per heavy atom. The standard InChI is InChI=1S/C31H37N10O3P/c1-33-18-19(17-32)21-15-24(26(43-4)16-25(21)44-14-13-41(2)3)38-31-39-29-20(9-10-36-29)30(40-31)37-23-8-7-22-27(35-12-11-34-22)28(23)45(5,6)42/h7-12,15-18H,13-14,32H2,1-6H3,(H3,36,37,38,39,40). The third kappa shape index (κ3) is 6.89. The van der Waals surface area contributed by atoms with Gasteiger partial charge in [-0.3, -0.25) is 15.0 Å². The molecule has 5 aromatic rings. The second kappa shape index (κ2) is 13.3. The molecule has 0 saturated carbocycles. The van der Waals surface area contributed by atoms with Gasteiger partial charge in [-0.25, -0.2) is 0 Å². The van der Waals surface area contributed by atoms with E-state index in [1.165, 1.54) is 6.20 Å². The monoisotopic (exact) mass is 628 g/mol. The Labute approximate surface area is 261 Å². The van der Waals surface area contributed by atoms with E-state index in [0.29, 0.717) is 74.4 Å². The molecule has 45 heavy (non-hydrogen) atoms. The zero-order chi connectivity index (χ0) is 32.1. The number of aromatic nitrogens is 5. The summed E-state index contributed by atoms with van der Waals surface area (Å²) in [5.74, 6) is 1.90. The Balaban J connectivity index is 1.58. The number of likely N-dealkylation sites (N-methyl/N-ethyl adjacent to an activating group) is 1. The van der Waals surface area contributed by atoms with Gasteiger partial charge in [-0.1, -0.05) is 0 Å². The van der Waals surface area contributed by atoms with E-state index in [-0.39, 0.29) is 0 Å². The van der Waals surface area contributed by atoms with Crippen molar-refractivity contribution in [1.82, 2.24) is 29.8 Å². The Morgan fingerprint density at radius 2 is 1.89 bits per heavy atom. The van der Waals surface area contributed by atoms with Gasteiger partial charge in [-0.2, -0.15) is 9.97 Å². The topological polar surface area (TPSA) is 169 Å². The summed E-state index contributed by atoms with van der Waals surface area (Å²) in [5, 5.41) is 8.06. The van der Waals surface area contributed by atoms with Crippen LogP contribution in [0.1, 0.15) is 5.56 Å². The van der Waals surface area contributed by atoms with E-state index < -0.39 is 7.14 Å². The van der Waals surface area contributed by atoms with Crippen LogP contribution < -0.4 is 31.1 Å². The number of ether oxygens (including phenoxy) is 2. The molecule has 0 unspecified atom stereocenters. The van der Waals surface area contributed by atoms with Crippen LogP contribution in [0.5, 0.6) is 11.5 Å². The molecule has 0 aliphatic rings. The third-order valence-electron chi connectivity index (χ3n) is 6.92. The molecule has 13 nitrogen and oxygen atoms in total. The molecule has 2 aromatic carbocycles. The van der Waals surface area contributed by atoms with Gasteiger partial charge in [0.25, 0.3) is 0 Å². The molecule has 14 heteroatoms. The van der Waals surface area contributed by atoms with Gasteiger partial charge in [-0.05, 0) is 51.7 Å². The fraction of sp³-hybridized carbons (Fsp3) is 0.258. The predicted octanol–water partition coefficient (Wildman–Crippen LogP) is 4.59. The number of nitrogens with zero attached hydrogens (tertiary/aromatic N) is 6. The Bertz CT molecular complexity index is 1950. The summed E-state index contributed by atoms with van der Waals surface area (Å²) < 4.78 is 25.4. The molecule has 0 fully saturated rings. The zero-order valence-electron chi connectivity index (χ0n) is 26.1. The van der Waals surface area contributed by atoms with Crippen LogP contribution in [-0.2, 0) is 4.57 Å². The van der Waals surface area contributed by atoms with Gasteiger partial charge in [0, 0.05) is 61.8 Å². The highest BCUT2D eigenvalue weighted by molar-refractivity contribution is 7.71. The normalized spacial score (nSPS) is 12.4. The first-order valence-corrected chi connectivity index (χ1v) is 16.8. The van der Waals surface area contributed by atoms with Gasteiger partial charge < -0.3 is 40.3 Å². The maximum Gasteiger partial charge on any atom is 0.231 e. The minimum atomic E-state index is -2.79. The molecule has 0 atom stereocenters. The second-order valence-corrected chi connectivity index (χ2v) is 14.0. The van der Waals surface area contributed by atoms with Crippen LogP contribution >= 0.6 is 7.14 Å². The molecule has 3 aromatic heterocycles. The average Bonchev–Trinajstić information content (AvgIpc) is 3.48. The van der Waals surface area contributed by atoms with E-state index in [1.54, 1.807) is 58.4 Å². The van der Waals surface area contributed by atoms with Crippen molar-refractivity contribution in [2.24, 2.45) is 10.7 Å². The van der Waals surface area contributed by atoms with Gasteiger partial charge in [-0.15, -0.1) is 0 Å². The summed E-state index contributed by atoms with van der Waals surface area (Å²) in [6, 6.07) is 9.23. The van der Waals surface area contributed by atoms with Crippen molar-refractivity contribution in [3.8, 4) is 11.5 Å². The van der Waals surface area contributed by atoms with E-state index in [1.807, 2.05) is 43.3 Å². The van der Waals surface area contributed by atoms with Gasteiger partial charge >= 0.3 is 0 Å². The molecule has 0 aliphatic heterocycles. The molecular formula is C31H37N10O3P. The number of hydrogen-bond acceptors (Lipinski definition) is 12. The number of H-pyrrole nitrogens is 1. The zero-order valence-corrected chi connectivity index (χ0v) is 27.0. The number of fused-ring (bicyclic) bond motifs is 2. The number of hydrogen-bond donors (Lipinski definition) is 4. The van der Waals surface area contributed by atoms with Crippen LogP contribution in [-0.4, -0.2) is 90.8 Å². The van der Waals surface area contributed by atoms with Crippen molar-refractivity contribution in [3.63, 3.8) is 0 Å². The first kappa shape index (κ1) is 31.4. The highest BCUT2D eigenvalue weighted by Crippen LogP contribution is 2.42. The molecule has 0 aliphatic carbocycles. The number of methoxy groups -OCH3 is 1. The maximum atomic E-state index is 13.5. The largest absolute Gasteiger partial charge is 0.494 e. The summed E-state index contributed by atoms with van der Waals surface area (Å²) in [6.07, 6.45) is 8.14. The SMILES string of the molecule is CN=CC(=CN)c1cc(Nc2nc(Nc3ccc4nccnc4c3P(C)(C)=O)c3cc[nH]c3n2)c(OC)cc1OCCN(C)C. The summed E-state index contributed by atoms with van der Waals surface area (Å²) in [4.78, 5) is 27.8. The summed E-state index contributed by atoms with van der Waals surface area (Å²) >= 11 is 0. The molecule has 3 heterocycles. The number of aromatic amines is 1. The van der Waals surface area contributed by atoms with Crippen molar-refractivity contribution < 1.29 is 14.0 Å². The summed E-state index contributed by atoms with van der Waals surface area (Å²) in [6.45, 7) is 4.61. The van der Waals surface area contributed by atoms with Crippen molar-refractivity contribution >= 4 is 69.4 Å². The van der Waals surface area contributed by atoms with Crippen LogP contribution in [0.3, 0.4) is 0 Å². The number of nitrogens with one attached hydrogen (secondary N) is 3. The van der Waals surface area contributed by atoms with Gasteiger partial charge in [0.15, 0.2) is 0 Å². The number of nitrogens with two attached hydrogens (primary N) is 1. The predicted molar refractivity (Wildman–Crippen MR) is 183 cm³/mol. The average molecular weight is 629 g/mol. The number of benzene rings is 2. The van der Waals surface area contributed by atoms with E-state index >= 15 is 0 Å². The van der Waals surface area contributed by atoms with Crippen LogP contribution in [0.15, 0.2) is 60.1 Å². The highest BCUT2D eigenvalue weighted by Gasteiger charge is 2.23. The fourth-order valence-electron chi connectivity index (χ4n) is 4.86. The molecule has 0 saturated heterocycles. The first-order chi connectivity index (χ1) is 21.6. The molecule has 0 spiro atoms. The second-order valence-electron chi connectivity index (χ2n) is 10.8. The Hall–Kier alpha value is -5.00. The van der Waals surface area contributed by atoms with E-state index in [2.05, 4.69) is 30.6 Å². The van der Waals surface area contributed by atoms with Crippen molar-refractivity contribution in [2.45, 2.75) is 0 Å². The molecule has 0 amide bonds. The first-order valence-electron chi connectivity index (χ1n) is 14.1. The number of allylic oxidation sites excluding steroid dienone is 1. The molecule has 5 N–H and O–H groups in total. The van der Waals surface area contributed by atoms with Crippen molar-refractivity contribution in [1.29, 1.82) is 0 Å². The molecule has 0 radical (unpaired) electrons. The molecular weight excluding hydrogens is 591 g/mol. The van der Waals surface area contributed by atoms with Gasteiger partial charge in [0.05, 0.1) is 34.7 Å². The quantitative estimate of drug-likeness (QED) is 0.113. The van der Waals surface area contributed by atoms with Crippen molar-refractivity contribution in [2.75, 3.05) is 65.4 Å². The lowest BCUT2D eigenvalue weighted by molar-refractivity contribution is 0.260. The van der Waals surface area contributed by atoms with Crippen LogP contribution in [0.4, 0.5) is 23.1 Å². The number of anilines is 4. The van der Waals surface area contributed by atoms with E-state index in [9.17, 15) is 4.57 Å². The van der Waals surface area contributed by atoms with Crippen LogP contribution in [0.2, 0.25) is 0 Å². The van der Waals surface area contributed by atoms with E-state index in [0.717, 1.165) is 11.9 Å². The fourth-order valence-corrected chi connectivity index (χ4v) is 6.25. The summed E-state index contributed by atoms with van der Waals surface area (Å²) in [5.41, 5.74) is 10.4. The Morgan fingerprint density at radius 3 is 2.60 bits per heavy atom. The minimum Gasteiger partial charge on any atom is -0.494 e. The van der Waals surface area contributed by atoms with Gasteiger partial charge in [0.2, 0.25) is 5.95 Å². The number of aliphatic imine (C=N–C) groups is 1. The van der Waals surface area contributed by atoms with Crippen LogP contribution in [0, 0.1) is 0 Å². The van der Waals surface area contributed by atoms with Crippen LogP contribution in [0.25, 0.3) is 27.6 Å². The lowest BCUT2D eigenvalue weighted by Gasteiger charge is -2.19. The highest BCUT2D eigenvalue weighted by atomic mass is 31.2. The lowest BCUT2D eigenvalue weighted by Crippen LogP contribution is -2.19. The number of rotatable bonds is 12. The van der Waals surface area contributed by atoms with Gasteiger partial charge in [0.1, 0.15) is 42.2 Å². The Kier molecular flexibility index (Phi) is 9.31. The molecule has 5 rings (SSSR count). The van der Waals surface area contributed by atoms with E-state index in [4.69, 9.17) is 25.2 Å². The molecule has 0 bridgehead atoms. The minimum absolute atomic E-state index is 0.290.